The minimum atomic E-state index is -0.350. The van der Waals surface area contributed by atoms with Crippen LogP contribution in [0.2, 0.25) is 0 Å². The van der Waals surface area contributed by atoms with Gasteiger partial charge in [0.1, 0.15) is 12.6 Å². The van der Waals surface area contributed by atoms with Gasteiger partial charge in [0, 0.05) is 30.5 Å². The van der Waals surface area contributed by atoms with Crippen molar-refractivity contribution in [2.45, 2.75) is 6.92 Å². The SMILES string of the molecule is CC(=O)Oc1cccc2ccc(C=Cc3cccc[n+]3C)nc12. The standard InChI is InChI=1S/C19H17N2O2/c1-14(22)23-18-8-5-6-15-9-10-16(20-19(15)18)11-12-17-7-3-4-13-21(17)2/h3-13H,1-2H3/q+1. The lowest BCUT2D eigenvalue weighted by Crippen LogP contribution is -2.30. The van der Waals surface area contributed by atoms with Crippen molar-refractivity contribution in [2.75, 3.05) is 0 Å². The van der Waals surface area contributed by atoms with Crippen LogP contribution < -0.4 is 9.30 Å². The molecule has 0 saturated heterocycles. The lowest BCUT2D eigenvalue weighted by Gasteiger charge is -2.05. The van der Waals surface area contributed by atoms with E-state index in [4.69, 9.17) is 4.74 Å². The van der Waals surface area contributed by atoms with E-state index < -0.39 is 0 Å². The number of fused-ring (bicyclic) bond motifs is 1. The largest absolute Gasteiger partial charge is 0.424 e. The number of aryl methyl sites for hydroxylation is 1. The first kappa shape index (κ1) is 14.9. The first-order chi connectivity index (χ1) is 11.1. The highest BCUT2D eigenvalue weighted by molar-refractivity contribution is 5.88. The summed E-state index contributed by atoms with van der Waals surface area (Å²) in [7, 11) is 1.99. The van der Waals surface area contributed by atoms with Crippen LogP contribution in [0.4, 0.5) is 0 Å². The number of pyridine rings is 2. The molecule has 0 N–H and O–H groups in total. The highest BCUT2D eigenvalue weighted by Gasteiger charge is 2.06. The molecule has 0 atom stereocenters. The first-order valence-corrected chi connectivity index (χ1v) is 7.34. The van der Waals surface area contributed by atoms with Gasteiger partial charge in [-0.3, -0.25) is 4.79 Å². The van der Waals surface area contributed by atoms with Gasteiger partial charge in [0.2, 0.25) is 5.69 Å². The summed E-state index contributed by atoms with van der Waals surface area (Å²) >= 11 is 0. The van der Waals surface area contributed by atoms with Gasteiger partial charge in [-0.2, -0.15) is 0 Å². The number of hydrogen-bond donors (Lipinski definition) is 0. The van der Waals surface area contributed by atoms with E-state index >= 15 is 0 Å². The summed E-state index contributed by atoms with van der Waals surface area (Å²) in [5.41, 5.74) is 2.56. The molecule has 4 heteroatoms. The number of esters is 1. The molecular weight excluding hydrogens is 288 g/mol. The topological polar surface area (TPSA) is 43.1 Å². The van der Waals surface area contributed by atoms with Crippen LogP contribution in [0, 0.1) is 0 Å². The number of ether oxygens (including phenoxy) is 1. The van der Waals surface area contributed by atoms with Crippen molar-refractivity contribution in [3.8, 4) is 5.75 Å². The molecule has 2 heterocycles. The number of carbonyl (C=O) groups excluding carboxylic acids is 1. The first-order valence-electron chi connectivity index (χ1n) is 7.34. The zero-order chi connectivity index (χ0) is 16.2. The third-order valence-corrected chi connectivity index (χ3v) is 3.48. The second kappa shape index (κ2) is 6.40. The molecule has 0 saturated carbocycles. The predicted octanol–water partition coefficient (Wildman–Crippen LogP) is 3.16. The predicted molar refractivity (Wildman–Crippen MR) is 89.6 cm³/mol. The molecule has 0 radical (unpaired) electrons. The molecule has 3 rings (SSSR count). The Bertz CT molecular complexity index is 901. The van der Waals surface area contributed by atoms with Gasteiger partial charge in [-0.15, -0.1) is 0 Å². The Morgan fingerprint density at radius 1 is 1.09 bits per heavy atom. The van der Waals surface area contributed by atoms with Gasteiger partial charge < -0.3 is 4.74 Å². The maximum atomic E-state index is 11.2. The molecule has 0 unspecified atom stereocenters. The number of benzene rings is 1. The van der Waals surface area contributed by atoms with Gasteiger partial charge in [-0.05, 0) is 24.3 Å². The van der Waals surface area contributed by atoms with E-state index in [2.05, 4.69) is 4.98 Å². The van der Waals surface area contributed by atoms with E-state index in [1.165, 1.54) is 6.92 Å². The zero-order valence-corrected chi connectivity index (χ0v) is 13.1. The Morgan fingerprint density at radius 3 is 2.74 bits per heavy atom. The second-order valence-corrected chi connectivity index (χ2v) is 5.23. The molecule has 3 aromatic rings. The smallest absolute Gasteiger partial charge is 0.308 e. The third kappa shape index (κ3) is 3.43. The van der Waals surface area contributed by atoms with Crippen LogP contribution in [0.1, 0.15) is 18.3 Å². The van der Waals surface area contributed by atoms with E-state index in [1.807, 2.05) is 72.4 Å². The van der Waals surface area contributed by atoms with Crippen molar-refractivity contribution in [2.24, 2.45) is 7.05 Å². The van der Waals surface area contributed by atoms with Crippen molar-refractivity contribution < 1.29 is 14.1 Å². The highest BCUT2D eigenvalue weighted by atomic mass is 16.5. The van der Waals surface area contributed by atoms with E-state index in [9.17, 15) is 4.79 Å². The maximum absolute atomic E-state index is 11.2. The van der Waals surface area contributed by atoms with Gasteiger partial charge in [0.05, 0.1) is 5.69 Å². The third-order valence-electron chi connectivity index (χ3n) is 3.48. The van der Waals surface area contributed by atoms with Crippen LogP contribution in [-0.2, 0) is 11.8 Å². The van der Waals surface area contributed by atoms with Crippen molar-refractivity contribution in [3.63, 3.8) is 0 Å². The quantitative estimate of drug-likeness (QED) is 0.424. The second-order valence-electron chi connectivity index (χ2n) is 5.23. The fourth-order valence-corrected chi connectivity index (χ4v) is 2.35. The van der Waals surface area contributed by atoms with Gasteiger partial charge in [0.25, 0.3) is 0 Å². The summed E-state index contributed by atoms with van der Waals surface area (Å²) in [4.78, 5) is 15.8. The molecule has 0 spiro atoms. The van der Waals surface area contributed by atoms with Crippen molar-refractivity contribution in [1.29, 1.82) is 0 Å². The zero-order valence-electron chi connectivity index (χ0n) is 13.1. The van der Waals surface area contributed by atoms with Crippen LogP contribution >= 0.6 is 0 Å². The lowest BCUT2D eigenvalue weighted by molar-refractivity contribution is -0.673. The molecule has 0 bridgehead atoms. The number of para-hydroxylation sites is 1. The molecule has 0 aliphatic carbocycles. The number of hydrogen-bond acceptors (Lipinski definition) is 3. The van der Waals surface area contributed by atoms with Gasteiger partial charge >= 0.3 is 5.97 Å². The van der Waals surface area contributed by atoms with Gasteiger partial charge in [0.15, 0.2) is 11.9 Å². The molecule has 114 valence electrons. The van der Waals surface area contributed by atoms with Crippen molar-refractivity contribution in [1.82, 2.24) is 4.98 Å². The van der Waals surface area contributed by atoms with Crippen molar-refractivity contribution in [3.05, 3.63) is 66.1 Å². The number of carbonyl (C=O) groups is 1. The van der Waals surface area contributed by atoms with E-state index in [0.717, 1.165) is 16.8 Å². The molecule has 2 aromatic heterocycles. The van der Waals surface area contributed by atoms with Crippen LogP contribution in [-0.4, -0.2) is 11.0 Å². The fraction of sp³-hybridized carbons (Fsp3) is 0.105. The van der Waals surface area contributed by atoms with E-state index in [-0.39, 0.29) is 5.97 Å². The summed E-state index contributed by atoms with van der Waals surface area (Å²) in [5, 5.41) is 0.936. The Kier molecular flexibility index (Phi) is 4.15. The number of rotatable bonds is 3. The minimum Gasteiger partial charge on any atom is -0.424 e. The normalized spacial score (nSPS) is 11.0. The monoisotopic (exact) mass is 305 g/mol. The van der Waals surface area contributed by atoms with Crippen LogP contribution in [0.5, 0.6) is 5.75 Å². The van der Waals surface area contributed by atoms with Gasteiger partial charge in [-0.1, -0.05) is 18.2 Å². The molecule has 0 aliphatic heterocycles. The Morgan fingerprint density at radius 2 is 1.96 bits per heavy atom. The van der Waals surface area contributed by atoms with Crippen LogP contribution in [0.15, 0.2) is 54.7 Å². The molecule has 0 amide bonds. The summed E-state index contributed by atoms with van der Waals surface area (Å²) in [6.07, 6.45) is 5.94. The Balaban J connectivity index is 1.99. The van der Waals surface area contributed by atoms with Crippen molar-refractivity contribution >= 4 is 29.0 Å². The molecule has 4 nitrogen and oxygen atoms in total. The minimum absolute atomic E-state index is 0.350. The molecular formula is C19H17N2O2+. The fourth-order valence-electron chi connectivity index (χ4n) is 2.35. The Hall–Kier alpha value is -3.01. The Labute approximate surface area is 134 Å². The van der Waals surface area contributed by atoms with E-state index in [1.54, 1.807) is 6.07 Å². The average Bonchev–Trinajstić information content (AvgIpc) is 2.54. The average molecular weight is 305 g/mol. The molecule has 1 aromatic carbocycles. The van der Waals surface area contributed by atoms with Gasteiger partial charge in [-0.25, -0.2) is 9.55 Å². The maximum Gasteiger partial charge on any atom is 0.308 e. The molecule has 0 fully saturated rings. The number of aromatic nitrogens is 2. The molecule has 23 heavy (non-hydrogen) atoms. The summed E-state index contributed by atoms with van der Waals surface area (Å²) < 4.78 is 7.26. The van der Waals surface area contributed by atoms with E-state index in [0.29, 0.717) is 11.3 Å². The molecule has 0 aliphatic rings. The number of nitrogens with zero attached hydrogens (tertiary/aromatic N) is 2. The van der Waals surface area contributed by atoms with Crippen LogP contribution in [0.25, 0.3) is 23.1 Å². The van der Waals surface area contributed by atoms with Crippen LogP contribution in [0.3, 0.4) is 0 Å². The summed E-state index contributed by atoms with van der Waals surface area (Å²) in [6.45, 7) is 1.39. The lowest BCUT2D eigenvalue weighted by atomic mass is 10.2. The summed E-state index contributed by atoms with van der Waals surface area (Å²) in [5.74, 6) is 0.132. The summed E-state index contributed by atoms with van der Waals surface area (Å²) in [6, 6.07) is 15.5. The highest BCUT2D eigenvalue weighted by Crippen LogP contribution is 2.24.